The molecule has 0 bridgehead atoms. The first kappa shape index (κ1) is 8.95. The van der Waals surface area contributed by atoms with Gasteiger partial charge < -0.3 is 4.57 Å². The van der Waals surface area contributed by atoms with E-state index in [1.165, 1.54) is 0 Å². The molecule has 0 aromatic rings. The Morgan fingerprint density at radius 3 is 1.67 bits per heavy atom. The van der Waals surface area contributed by atoms with Gasteiger partial charge in [0.15, 0.2) is 0 Å². The molecule has 9 heavy (non-hydrogen) atoms. The minimum atomic E-state index is -1.94. The number of rotatable bonds is 3. The van der Waals surface area contributed by atoms with Gasteiger partial charge in [-0.3, -0.25) is 0 Å². The second-order valence-corrected chi connectivity index (χ2v) is 7.01. The Kier molecular flexibility index (Phi) is 3.18. The molecule has 3 heteroatoms. The topological polar surface area (TPSA) is 3.24 Å². The van der Waals surface area contributed by atoms with Crippen molar-refractivity contribution in [1.82, 2.24) is 4.57 Å². The van der Waals surface area contributed by atoms with Crippen molar-refractivity contribution in [3.8, 4) is 0 Å². The van der Waals surface area contributed by atoms with E-state index in [-0.39, 0.29) is 0 Å². The summed E-state index contributed by atoms with van der Waals surface area (Å²) in [6.07, 6.45) is 0. The zero-order valence-corrected chi connectivity index (χ0v) is 7.65. The van der Waals surface area contributed by atoms with Gasteiger partial charge in [0, 0.05) is 0 Å². The highest BCUT2D eigenvalue weighted by Gasteiger charge is 2.25. The van der Waals surface area contributed by atoms with Crippen molar-refractivity contribution in [1.29, 1.82) is 0 Å². The lowest BCUT2D eigenvalue weighted by atomic mass is 11.2. The molecule has 1 nitrogen and oxygen atoms in total. The zero-order chi connectivity index (χ0) is 7.49. The summed E-state index contributed by atoms with van der Waals surface area (Å²) in [7, 11) is 1.92. The summed E-state index contributed by atoms with van der Waals surface area (Å²) in [5, 5.41) is 0. The predicted molar refractivity (Wildman–Crippen MR) is 45.7 cm³/mol. The van der Waals surface area contributed by atoms with E-state index in [0.29, 0.717) is 0 Å². The molecule has 0 N–H and O–H groups in total. The smallest absolute Gasteiger partial charge is 0.276 e. The molecule has 0 fully saturated rings. The van der Waals surface area contributed by atoms with Crippen molar-refractivity contribution in [3.05, 3.63) is 24.6 Å². The van der Waals surface area contributed by atoms with Gasteiger partial charge >= 0.3 is 0 Å². The van der Waals surface area contributed by atoms with Gasteiger partial charge in [-0.2, -0.15) is 0 Å². The first-order chi connectivity index (χ1) is 4.06. The molecule has 0 atom stereocenters. The standard InChI is InChI=1S/C6H12ClNSi/c1-5-9(7,6-2)8(3)4/h5-6H,1-2H2,3-4H3. The van der Waals surface area contributed by atoms with Crippen molar-refractivity contribution in [2.45, 2.75) is 0 Å². The molecular weight excluding hydrogens is 150 g/mol. The molecule has 0 aliphatic carbocycles. The third-order valence-electron chi connectivity index (χ3n) is 1.26. The molecule has 0 unspecified atom stereocenters. The quantitative estimate of drug-likeness (QED) is 0.450. The zero-order valence-electron chi connectivity index (χ0n) is 5.89. The molecule has 0 aromatic carbocycles. The normalized spacial score (nSPS) is 11.6. The summed E-state index contributed by atoms with van der Waals surface area (Å²) in [5.41, 5.74) is 3.56. The van der Waals surface area contributed by atoms with Crippen LogP contribution < -0.4 is 0 Å². The highest BCUT2D eigenvalue weighted by Crippen LogP contribution is 2.12. The van der Waals surface area contributed by atoms with E-state index in [9.17, 15) is 0 Å². The predicted octanol–water partition coefficient (Wildman–Crippen LogP) is 1.68. The lowest BCUT2D eigenvalue weighted by Crippen LogP contribution is -2.40. The number of hydrogen-bond donors (Lipinski definition) is 0. The Balaban J connectivity index is 4.26. The van der Waals surface area contributed by atoms with Crippen LogP contribution in [-0.4, -0.2) is 26.2 Å². The molecule has 0 heterocycles. The van der Waals surface area contributed by atoms with Gasteiger partial charge in [0.2, 0.25) is 0 Å². The molecule has 0 amide bonds. The highest BCUT2D eigenvalue weighted by atomic mass is 35.6. The second kappa shape index (κ2) is 3.20. The van der Waals surface area contributed by atoms with Gasteiger partial charge in [-0.15, -0.1) is 24.2 Å². The third-order valence-corrected chi connectivity index (χ3v) is 5.71. The summed E-state index contributed by atoms with van der Waals surface area (Å²) in [5.74, 6) is 0. The highest BCUT2D eigenvalue weighted by molar-refractivity contribution is 7.24. The maximum atomic E-state index is 6.07. The second-order valence-electron chi connectivity index (χ2n) is 2.03. The minimum Gasteiger partial charge on any atom is -0.311 e. The minimum absolute atomic E-state index is 1.78. The van der Waals surface area contributed by atoms with Crippen LogP contribution in [0, 0.1) is 0 Å². The summed E-state index contributed by atoms with van der Waals surface area (Å²) in [6, 6.07) is 0. The first-order valence-corrected chi connectivity index (χ1v) is 5.81. The van der Waals surface area contributed by atoms with Crippen molar-refractivity contribution in [2.75, 3.05) is 14.1 Å². The van der Waals surface area contributed by atoms with Crippen LogP contribution in [0.15, 0.2) is 24.6 Å². The van der Waals surface area contributed by atoms with E-state index in [2.05, 4.69) is 13.2 Å². The van der Waals surface area contributed by atoms with Crippen LogP contribution in [0.2, 0.25) is 0 Å². The number of hydrogen-bond acceptors (Lipinski definition) is 1. The van der Waals surface area contributed by atoms with Crippen LogP contribution >= 0.6 is 11.1 Å². The van der Waals surface area contributed by atoms with E-state index >= 15 is 0 Å². The molecule has 52 valence electrons. The summed E-state index contributed by atoms with van der Waals surface area (Å²) in [6.45, 7) is 7.28. The van der Waals surface area contributed by atoms with Crippen molar-refractivity contribution in [2.24, 2.45) is 0 Å². The molecule has 0 radical (unpaired) electrons. The van der Waals surface area contributed by atoms with Gasteiger partial charge in [0.25, 0.3) is 7.55 Å². The Hall–Kier alpha value is -0.0531. The van der Waals surface area contributed by atoms with Crippen LogP contribution in [0.4, 0.5) is 0 Å². The largest absolute Gasteiger partial charge is 0.311 e. The van der Waals surface area contributed by atoms with E-state index in [4.69, 9.17) is 11.1 Å². The summed E-state index contributed by atoms with van der Waals surface area (Å²) in [4.78, 5) is 0. The van der Waals surface area contributed by atoms with E-state index in [1.54, 1.807) is 11.4 Å². The maximum absolute atomic E-state index is 6.07. The molecule has 0 aromatic heterocycles. The molecule has 0 spiro atoms. The lowest BCUT2D eigenvalue weighted by molar-refractivity contribution is 0.649. The molecule has 0 rings (SSSR count). The van der Waals surface area contributed by atoms with E-state index in [0.717, 1.165) is 0 Å². The molecule has 0 aliphatic heterocycles. The van der Waals surface area contributed by atoms with Crippen LogP contribution in [0.3, 0.4) is 0 Å². The Labute approximate surface area is 62.4 Å². The van der Waals surface area contributed by atoms with Crippen molar-refractivity contribution in [3.63, 3.8) is 0 Å². The SMILES string of the molecule is C=C[Si](Cl)(C=C)N(C)C. The van der Waals surface area contributed by atoms with Crippen LogP contribution in [-0.2, 0) is 0 Å². The summed E-state index contributed by atoms with van der Waals surface area (Å²) < 4.78 is 1.97. The van der Waals surface area contributed by atoms with Crippen molar-refractivity contribution < 1.29 is 0 Å². The fourth-order valence-electron chi connectivity index (χ4n) is 0.448. The van der Waals surface area contributed by atoms with E-state index in [1.807, 2.05) is 18.7 Å². The van der Waals surface area contributed by atoms with Gasteiger partial charge in [-0.1, -0.05) is 11.4 Å². The molecular formula is C6H12ClNSi. The van der Waals surface area contributed by atoms with Gasteiger partial charge in [-0.25, -0.2) is 0 Å². The third kappa shape index (κ3) is 1.97. The van der Waals surface area contributed by atoms with Gasteiger partial charge in [-0.05, 0) is 14.1 Å². The average molecular weight is 162 g/mol. The monoisotopic (exact) mass is 161 g/mol. The fraction of sp³-hybridized carbons (Fsp3) is 0.333. The maximum Gasteiger partial charge on any atom is 0.276 e. The molecule has 0 saturated heterocycles. The Morgan fingerprint density at radius 2 is 1.67 bits per heavy atom. The van der Waals surface area contributed by atoms with Crippen LogP contribution in [0.5, 0.6) is 0 Å². The fourth-order valence-corrected chi connectivity index (χ4v) is 1.35. The summed E-state index contributed by atoms with van der Waals surface area (Å²) >= 11 is 6.07. The molecule has 0 aliphatic rings. The van der Waals surface area contributed by atoms with Gasteiger partial charge in [0.05, 0.1) is 0 Å². The Morgan fingerprint density at radius 1 is 1.33 bits per heavy atom. The van der Waals surface area contributed by atoms with E-state index < -0.39 is 7.55 Å². The van der Waals surface area contributed by atoms with Crippen LogP contribution in [0.25, 0.3) is 0 Å². The first-order valence-electron chi connectivity index (χ1n) is 2.70. The number of nitrogens with zero attached hydrogens (tertiary/aromatic N) is 1. The average Bonchev–Trinajstić information content (AvgIpc) is 1.86. The lowest BCUT2D eigenvalue weighted by Gasteiger charge is -2.23. The molecule has 0 saturated carbocycles. The van der Waals surface area contributed by atoms with Crippen LogP contribution in [0.1, 0.15) is 0 Å². The number of halogens is 1. The van der Waals surface area contributed by atoms with Gasteiger partial charge in [0.1, 0.15) is 0 Å². The van der Waals surface area contributed by atoms with Crippen molar-refractivity contribution >= 4 is 18.6 Å². The Bertz CT molecular complexity index is 114.